The highest BCUT2D eigenvalue weighted by Crippen LogP contribution is 2.44. The fraction of sp³-hybridized carbons (Fsp3) is 0.400. The monoisotopic (exact) mass is 377 g/mol. The van der Waals surface area contributed by atoms with Crippen LogP contribution in [0.3, 0.4) is 0 Å². The average Bonchev–Trinajstić information content (AvgIpc) is 2.60. The van der Waals surface area contributed by atoms with E-state index in [1.54, 1.807) is 0 Å². The summed E-state index contributed by atoms with van der Waals surface area (Å²) in [6, 6.07) is 4.13. The summed E-state index contributed by atoms with van der Waals surface area (Å²) in [5.74, 6) is -4.64. The Kier molecular flexibility index (Phi) is 6.43. The highest BCUT2D eigenvalue weighted by atomic mass is 19.4. The van der Waals surface area contributed by atoms with Crippen molar-refractivity contribution in [2.45, 2.75) is 19.0 Å². The van der Waals surface area contributed by atoms with E-state index in [4.69, 9.17) is 0 Å². The van der Waals surface area contributed by atoms with Gasteiger partial charge in [-0.1, -0.05) is 0 Å². The van der Waals surface area contributed by atoms with Gasteiger partial charge in [0, 0.05) is 24.1 Å². The van der Waals surface area contributed by atoms with Crippen LogP contribution < -0.4 is 0 Å². The Balaban J connectivity index is 3.12. The maximum atomic E-state index is 13.5. The Morgan fingerprint density at radius 3 is 1.85 bits per heavy atom. The smallest absolute Gasteiger partial charge is 0.415 e. The fourth-order valence-electron chi connectivity index (χ4n) is 2.22. The number of hydrogen-bond acceptors (Lipinski definition) is 7. The molecular formula is C15H14F3NO7. The van der Waals surface area contributed by atoms with Crippen LogP contribution in [-0.4, -0.2) is 43.0 Å². The van der Waals surface area contributed by atoms with Crippen molar-refractivity contribution in [1.82, 2.24) is 0 Å². The molecule has 11 heteroatoms. The largest absolute Gasteiger partial charge is 0.468 e. The summed E-state index contributed by atoms with van der Waals surface area (Å²) in [6.07, 6.45) is -7.43. The van der Waals surface area contributed by atoms with Crippen LogP contribution in [0, 0.1) is 15.5 Å². The van der Waals surface area contributed by atoms with Gasteiger partial charge in [0.05, 0.1) is 19.1 Å². The third-order valence-electron chi connectivity index (χ3n) is 3.68. The van der Waals surface area contributed by atoms with E-state index in [0.717, 1.165) is 24.3 Å². The molecule has 0 unspecified atom stereocenters. The van der Waals surface area contributed by atoms with Gasteiger partial charge >= 0.3 is 18.1 Å². The first-order valence-electron chi connectivity index (χ1n) is 7.02. The maximum Gasteiger partial charge on any atom is 0.415 e. The zero-order valence-corrected chi connectivity index (χ0v) is 13.7. The third kappa shape index (κ3) is 3.98. The molecule has 0 fully saturated rings. The molecule has 0 heterocycles. The van der Waals surface area contributed by atoms with Crippen molar-refractivity contribution < 1.29 is 42.0 Å². The van der Waals surface area contributed by atoms with Gasteiger partial charge in [0.25, 0.3) is 11.1 Å². The lowest BCUT2D eigenvalue weighted by Crippen LogP contribution is -2.52. The lowest BCUT2D eigenvalue weighted by atomic mass is 9.81. The number of esters is 2. The number of carbonyl (C=O) groups is 3. The summed E-state index contributed by atoms with van der Waals surface area (Å²) in [7, 11) is 1.34. The molecule has 0 amide bonds. The maximum absolute atomic E-state index is 13.5. The predicted octanol–water partition coefficient (Wildman–Crippen LogP) is 2.45. The minimum Gasteiger partial charge on any atom is -0.468 e. The summed E-state index contributed by atoms with van der Waals surface area (Å²) < 4.78 is 48.6. The van der Waals surface area contributed by atoms with Crippen molar-refractivity contribution in [3.8, 4) is 0 Å². The molecule has 0 aliphatic heterocycles. The topological polar surface area (TPSA) is 113 Å². The number of hydrogen-bond donors (Lipinski definition) is 0. The number of nitro groups is 1. The molecule has 26 heavy (non-hydrogen) atoms. The van der Waals surface area contributed by atoms with Gasteiger partial charge in [0.1, 0.15) is 0 Å². The van der Waals surface area contributed by atoms with Gasteiger partial charge in [0.2, 0.25) is 0 Å². The normalized spacial score (nSPS) is 11.6. The minimum atomic E-state index is -5.36. The quantitative estimate of drug-likeness (QED) is 0.236. The molecular weight excluding hydrogens is 363 g/mol. The molecule has 0 radical (unpaired) electrons. The van der Waals surface area contributed by atoms with Crippen molar-refractivity contribution in [3.63, 3.8) is 0 Å². The van der Waals surface area contributed by atoms with E-state index in [0.29, 0.717) is 14.2 Å². The number of benzene rings is 1. The third-order valence-corrected chi connectivity index (χ3v) is 3.68. The van der Waals surface area contributed by atoms with Crippen LogP contribution in [0.4, 0.5) is 18.9 Å². The second kappa shape index (κ2) is 7.93. The van der Waals surface area contributed by atoms with E-state index in [9.17, 15) is 37.7 Å². The number of methoxy groups -OCH3 is 2. The van der Waals surface area contributed by atoms with E-state index < -0.39 is 47.1 Å². The molecule has 0 saturated carbocycles. The van der Waals surface area contributed by atoms with E-state index in [-0.39, 0.29) is 11.3 Å². The standard InChI is InChI=1S/C15H14F3NO7/c1-25-12(21)14(13(22)26-2,15(16,17)18)8-7-11(20)9-3-5-10(6-4-9)19(23)24/h3-6H,7-8H2,1-2H3. The van der Waals surface area contributed by atoms with Crippen molar-refractivity contribution >= 4 is 23.4 Å². The molecule has 1 aromatic carbocycles. The molecule has 0 aliphatic rings. The molecule has 1 aromatic rings. The summed E-state index contributed by atoms with van der Waals surface area (Å²) in [5.41, 5.74) is -4.07. The van der Waals surface area contributed by atoms with Gasteiger partial charge in [-0.3, -0.25) is 24.5 Å². The van der Waals surface area contributed by atoms with Gasteiger partial charge in [-0.2, -0.15) is 13.2 Å². The fourth-order valence-corrected chi connectivity index (χ4v) is 2.22. The highest BCUT2D eigenvalue weighted by molar-refractivity contribution is 6.02. The van der Waals surface area contributed by atoms with Gasteiger partial charge in [-0.15, -0.1) is 0 Å². The van der Waals surface area contributed by atoms with Crippen LogP contribution in [0.15, 0.2) is 24.3 Å². The number of non-ortho nitro benzene ring substituents is 1. The number of ketones is 1. The lowest BCUT2D eigenvalue weighted by molar-refractivity contribution is -0.384. The van der Waals surface area contributed by atoms with Crippen LogP contribution in [-0.2, 0) is 19.1 Å². The van der Waals surface area contributed by atoms with Crippen molar-refractivity contribution in [3.05, 3.63) is 39.9 Å². The molecule has 1 rings (SSSR count). The number of rotatable bonds is 7. The number of carbonyl (C=O) groups excluding carboxylic acids is 3. The van der Waals surface area contributed by atoms with Crippen LogP contribution in [0.2, 0.25) is 0 Å². The highest BCUT2D eigenvalue weighted by Gasteiger charge is 2.67. The molecule has 0 atom stereocenters. The van der Waals surface area contributed by atoms with Crippen LogP contribution in [0.1, 0.15) is 23.2 Å². The first-order valence-corrected chi connectivity index (χ1v) is 7.02. The van der Waals surface area contributed by atoms with E-state index in [1.165, 1.54) is 0 Å². The van der Waals surface area contributed by atoms with Crippen LogP contribution in [0.25, 0.3) is 0 Å². The zero-order valence-electron chi connectivity index (χ0n) is 13.7. The number of nitrogens with zero attached hydrogens (tertiary/aromatic N) is 1. The first-order chi connectivity index (χ1) is 12.0. The molecule has 8 nitrogen and oxygen atoms in total. The first kappa shape index (κ1) is 21.1. The molecule has 0 spiro atoms. The molecule has 0 bridgehead atoms. The summed E-state index contributed by atoms with van der Waals surface area (Å²) >= 11 is 0. The molecule has 0 aromatic heterocycles. The van der Waals surface area contributed by atoms with E-state index in [1.807, 2.05) is 0 Å². The Hall–Kier alpha value is -2.98. The average molecular weight is 377 g/mol. The lowest BCUT2D eigenvalue weighted by Gasteiger charge is -2.29. The zero-order chi connectivity index (χ0) is 20.1. The Bertz CT molecular complexity index is 697. The number of alkyl halides is 3. The second-order valence-electron chi connectivity index (χ2n) is 5.11. The SMILES string of the molecule is COC(=O)C(CCC(=O)c1ccc([N+](=O)[O-])cc1)(C(=O)OC)C(F)(F)F. The molecule has 0 N–H and O–H groups in total. The van der Waals surface area contributed by atoms with E-state index in [2.05, 4.69) is 9.47 Å². The van der Waals surface area contributed by atoms with Gasteiger partial charge in [-0.05, 0) is 18.6 Å². The number of Topliss-reactive ketones (excluding diaryl/α,β-unsaturated/α-hetero) is 1. The van der Waals surface area contributed by atoms with E-state index >= 15 is 0 Å². The Labute approximate surface area is 145 Å². The van der Waals surface area contributed by atoms with Crippen molar-refractivity contribution in [1.29, 1.82) is 0 Å². The summed E-state index contributed by atoms with van der Waals surface area (Å²) in [5, 5.41) is 10.6. The molecule has 0 saturated heterocycles. The summed E-state index contributed by atoms with van der Waals surface area (Å²) in [6.45, 7) is 0. The number of halogens is 3. The summed E-state index contributed by atoms with van der Waals surface area (Å²) in [4.78, 5) is 45.4. The molecule has 0 aliphatic carbocycles. The van der Waals surface area contributed by atoms with Crippen molar-refractivity contribution in [2.75, 3.05) is 14.2 Å². The Morgan fingerprint density at radius 1 is 1.04 bits per heavy atom. The molecule has 142 valence electrons. The van der Waals surface area contributed by atoms with Gasteiger partial charge in [-0.25, -0.2) is 0 Å². The van der Waals surface area contributed by atoms with Crippen LogP contribution in [0.5, 0.6) is 0 Å². The van der Waals surface area contributed by atoms with Gasteiger partial charge in [0.15, 0.2) is 5.78 Å². The number of ether oxygens (including phenoxy) is 2. The second-order valence-corrected chi connectivity index (χ2v) is 5.11. The minimum absolute atomic E-state index is 0.110. The van der Waals surface area contributed by atoms with Crippen LogP contribution >= 0.6 is 0 Å². The van der Waals surface area contributed by atoms with Gasteiger partial charge < -0.3 is 9.47 Å². The number of nitro benzene ring substituents is 1. The predicted molar refractivity (Wildman–Crippen MR) is 79.2 cm³/mol. The van der Waals surface area contributed by atoms with Crippen molar-refractivity contribution in [2.24, 2.45) is 5.41 Å². The Morgan fingerprint density at radius 2 is 1.50 bits per heavy atom.